The van der Waals surface area contributed by atoms with Gasteiger partial charge in [0.1, 0.15) is 11.9 Å². The van der Waals surface area contributed by atoms with Gasteiger partial charge in [0.25, 0.3) is 0 Å². The molecule has 4 atom stereocenters. The van der Waals surface area contributed by atoms with Gasteiger partial charge < -0.3 is 14.2 Å². The molecule has 4 rings (SSSR count). The van der Waals surface area contributed by atoms with Gasteiger partial charge >= 0.3 is 11.9 Å². The van der Waals surface area contributed by atoms with Gasteiger partial charge in [-0.1, -0.05) is 11.6 Å². The van der Waals surface area contributed by atoms with Crippen LogP contribution in [0.2, 0.25) is 5.02 Å². The van der Waals surface area contributed by atoms with Gasteiger partial charge in [0.05, 0.1) is 0 Å². The van der Waals surface area contributed by atoms with Gasteiger partial charge in [0.2, 0.25) is 5.72 Å². The van der Waals surface area contributed by atoms with Crippen LogP contribution in [0, 0.1) is 0 Å². The van der Waals surface area contributed by atoms with Crippen molar-refractivity contribution in [2.75, 3.05) is 7.05 Å². The Hall–Kier alpha value is -1.79. The minimum atomic E-state index is -0.955. The third kappa shape index (κ3) is 2.20. The van der Waals surface area contributed by atoms with Crippen molar-refractivity contribution in [2.45, 2.75) is 43.2 Å². The Labute approximate surface area is 138 Å². The first-order valence-corrected chi connectivity index (χ1v) is 7.96. The zero-order valence-electron chi connectivity index (χ0n) is 12.5. The molecule has 122 valence electrons. The maximum absolute atomic E-state index is 11.7. The lowest BCUT2D eigenvalue weighted by molar-refractivity contribution is -0.263. The molecule has 0 amide bonds. The number of carbonyl (C=O) groups is 2. The number of nitrogens with zero attached hydrogens (tertiary/aromatic N) is 1. The lowest BCUT2D eigenvalue weighted by atomic mass is 9.92. The topological polar surface area (TPSA) is 65.1 Å². The highest BCUT2D eigenvalue weighted by Gasteiger charge is 2.65. The molecule has 0 aliphatic carbocycles. The second kappa shape index (κ2) is 5.11. The summed E-state index contributed by atoms with van der Waals surface area (Å²) in [5, 5.41) is 0.621. The van der Waals surface area contributed by atoms with Crippen LogP contribution in [-0.4, -0.2) is 47.9 Å². The van der Waals surface area contributed by atoms with Crippen molar-refractivity contribution in [2.24, 2.45) is 0 Å². The van der Waals surface area contributed by atoms with Crippen LogP contribution < -0.4 is 4.74 Å². The predicted molar refractivity (Wildman–Crippen MR) is 80.0 cm³/mol. The molecule has 3 aliphatic heterocycles. The number of rotatable bonds is 2. The highest BCUT2D eigenvalue weighted by atomic mass is 35.5. The van der Waals surface area contributed by atoms with Crippen LogP contribution in [0.1, 0.15) is 19.3 Å². The van der Waals surface area contributed by atoms with Gasteiger partial charge in [0.15, 0.2) is 6.10 Å². The molecule has 0 saturated carbocycles. The van der Waals surface area contributed by atoms with Crippen molar-refractivity contribution in [3.05, 3.63) is 29.3 Å². The molecule has 0 N–H and O–H groups in total. The summed E-state index contributed by atoms with van der Waals surface area (Å²) in [7, 11) is 1.90. The summed E-state index contributed by atoms with van der Waals surface area (Å²) in [6, 6.07) is 7.25. The fourth-order valence-corrected chi connectivity index (χ4v) is 3.99. The Bertz CT molecular complexity index is 663. The highest BCUT2D eigenvalue weighted by molar-refractivity contribution is 6.30. The molecule has 3 heterocycles. The fourth-order valence-electron chi connectivity index (χ4n) is 3.87. The van der Waals surface area contributed by atoms with E-state index in [4.69, 9.17) is 25.8 Å². The summed E-state index contributed by atoms with van der Waals surface area (Å²) in [5.41, 5.74) is -0.912. The van der Waals surface area contributed by atoms with E-state index in [2.05, 4.69) is 0 Å². The number of esters is 2. The SMILES string of the molecule is CN1C2CCC13OC(=O)C(=O)OC3C(Oc1ccc(Cl)cc1)C2. The quantitative estimate of drug-likeness (QED) is 0.605. The molecule has 7 heteroatoms. The second-order valence-corrected chi connectivity index (χ2v) is 6.65. The summed E-state index contributed by atoms with van der Waals surface area (Å²) >= 11 is 5.89. The molecule has 1 spiro atoms. The van der Waals surface area contributed by atoms with Crippen LogP contribution in [0.15, 0.2) is 24.3 Å². The molecule has 0 aromatic heterocycles. The third-order valence-electron chi connectivity index (χ3n) is 5.04. The van der Waals surface area contributed by atoms with Gasteiger partial charge in [-0.3, -0.25) is 4.90 Å². The number of fused-ring (bicyclic) bond motifs is 1. The lowest BCUT2D eigenvalue weighted by Crippen LogP contribution is -2.69. The molecular weight excluding hydrogens is 322 g/mol. The van der Waals surface area contributed by atoms with Crippen molar-refractivity contribution in [1.29, 1.82) is 0 Å². The second-order valence-electron chi connectivity index (χ2n) is 6.21. The number of piperidine rings is 1. The summed E-state index contributed by atoms with van der Waals surface area (Å²) in [6.45, 7) is 0. The molecule has 2 bridgehead atoms. The van der Waals surface area contributed by atoms with E-state index in [1.807, 2.05) is 11.9 Å². The van der Waals surface area contributed by atoms with Gasteiger partial charge in [-0.2, -0.15) is 0 Å². The van der Waals surface area contributed by atoms with Gasteiger partial charge in [-0.15, -0.1) is 0 Å². The van der Waals surface area contributed by atoms with E-state index in [1.165, 1.54) is 0 Å². The molecule has 6 nitrogen and oxygen atoms in total. The first kappa shape index (κ1) is 14.8. The Morgan fingerprint density at radius 1 is 1.26 bits per heavy atom. The van der Waals surface area contributed by atoms with E-state index >= 15 is 0 Å². The van der Waals surface area contributed by atoms with Crippen LogP contribution in [0.25, 0.3) is 0 Å². The molecule has 23 heavy (non-hydrogen) atoms. The monoisotopic (exact) mass is 337 g/mol. The molecule has 3 saturated heterocycles. The average molecular weight is 338 g/mol. The highest BCUT2D eigenvalue weighted by Crippen LogP contribution is 2.47. The standard InChI is InChI=1S/C16H16ClNO5/c1-18-10-6-7-16(18)13(22-14(19)15(20)23-16)12(8-10)21-11-4-2-9(17)3-5-11/h2-5,10,12-13H,6-8H2,1H3. The normalized spacial score (nSPS) is 36.2. The maximum atomic E-state index is 11.7. The van der Waals surface area contributed by atoms with Crippen molar-refractivity contribution in [3.8, 4) is 5.75 Å². The van der Waals surface area contributed by atoms with E-state index < -0.39 is 23.8 Å². The Kier molecular flexibility index (Phi) is 3.28. The predicted octanol–water partition coefficient (Wildman–Crippen LogP) is 1.75. The molecular formula is C16H16ClNO5. The van der Waals surface area contributed by atoms with Crippen molar-refractivity contribution < 1.29 is 23.8 Å². The smallest absolute Gasteiger partial charge is 0.419 e. The van der Waals surface area contributed by atoms with Crippen molar-refractivity contribution in [1.82, 2.24) is 4.90 Å². The van der Waals surface area contributed by atoms with Crippen LogP contribution in [-0.2, 0) is 19.1 Å². The van der Waals surface area contributed by atoms with Crippen LogP contribution >= 0.6 is 11.6 Å². The first-order chi connectivity index (χ1) is 11.0. The summed E-state index contributed by atoms with van der Waals surface area (Å²) < 4.78 is 16.9. The molecule has 1 aromatic carbocycles. The van der Waals surface area contributed by atoms with Crippen LogP contribution in [0.3, 0.4) is 0 Å². The molecule has 1 aromatic rings. The summed E-state index contributed by atoms with van der Waals surface area (Å²) in [6.07, 6.45) is 1.22. The molecule has 4 unspecified atom stereocenters. The fraction of sp³-hybridized carbons (Fsp3) is 0.500. The number of hydrogen-bond donors (Lipinski definition) is 0. The van der Waals surface area contributed by atoms with Crippen LogP contribution in [0.5, 0.6) is 5.75 Å². The zero-order chi connectivity index (χ0) is 16.2. The van der Waals surface area contributed by atoms with E-state index in [0.29, 0.717) is 23.6 Å². The van der Waals surface area contributed by atoms with E-state index in [-0.39, 0.29) is 12.1 Å². The number of carbonyl (C=O) groups excluding carboxylic acids is 2. The third-order valence-corrected chi connectivity index (χ3v) is 5.29. The number of hydrogen-bond acceptors (Lipinski definition) is 6. The number of ether oxygens (including phenoxy) is 3. The molecule has 3 fully saturated rings. The van der Waals surface area contributed by atoms with Crippen LogP contribution in [0.4, 0.5) is 0 Å². The minimum Gasteiger partial charge on any atom is -0.486 e. The number of halogens is 1. The minimum absolute atomic E-state index is 0.230. The first-order valence-electron chi connectivity index (χ1n) is 7.59. The number of likely N-dealkylation sites (N-methyl/N-ethyl adjacent to an activating group) is 1. The Balaban J connectivity index is 1.64. The number of benzene rings is 1. The van der Waals surface area contributed by atoms with Gasteiger partial charge in [-0.05, 0) is 37.7 Å². The average Bonchev–Trinajstić information content (AvgIpc) is 2.73. The van der Waals surface area contributed by atoms with Gasteiger partial charge in [-0.25, -0.2) is 9.59 Å². The molecule has 0 radical (unpaired) electrons. The Morgan fingerprint density at radius 2 is 2.00 bits per heavy atom. The van der Waals surface area contributed by atoms with E-state index in [0.717, 1.165) is 6.42 Å². The molecule has 3 aliphatic rings. The van der Waals surface area contributed by atoms with Crippen molar-refractivity contribution in [3.63, 3.8) is 0 Å². The summed E-state index contributed by atoms with van der Waals surface area (Å²) in [4.78, 5) is 25.4. The van der Waals surface area contributed by atoms with Crippen molar-refractivity contribution >= 4 is 23.5 Å². The van der Waals surface area contributed by atoms with Gasteiger partial charge in [0, 0.05) is 23.9 Å². The summed E-state index contributed by atoms with van der Waals surface area (Å²) in [5.74, 6) is -1.24. The van der Waals surface area contributed by atoms with E-state index in [1.54, 1.807) is 24.3 Å². The maximum Gasteiger partial charge on any atom is 0.419 e. The Morgan fingerprint density at radius 3 is 2.74 bits per heavy atom. The van der Waals surface area contributed by atoms with E-state index in [9.17, 15) is 9.59 Å². The zero-order valence-corrected chi connectivity index (χ0v) is 13.3. The lowest BCUT2D eigenvalue weighted by Gasteiger charge is -2.50. The largest absolute Gasteiger partial charge is 0.486 e.